The number of aromatic amines is 1. The Hall–Kier alpha value is -1.78. The normalized spacial score (nSPS) is 10.9. The molecule has 0 aliphatic rings. The lowest BCUT2D eigenvalue weighted by Crippen LogP contribution is -2.25. The molecule has 0 spiro atoms. The predicted octanol–water partition coefficient (Wildman–Crippen LogP) is 1.02. The van der Waals surface area contributed by atoms with E-state index in [1.54, 1.807) is 6.92 Å². The molecule has 1 heterocycles. The average molecular weight is 284 g/mol. The number of aromatic nitrogens is 1. The molecule has 0 amide bonds. The van der Waals surface area contributed by atoms with Crippen molar-refractivity contribution in [2.24, 2.45) is 0 Å². The van der Waals surface area contributed by atoms with Crippen LogP contribution in [0.2, 0.25) is 0 Å². The van der Waals surface area contributed by atoms with E-state index in [-0.39, 0.29) is 22.7 Å². The SMILES string of the molecule is CC#CCCNS(=O)(=O)c1c(C)[nH]c(C(=O)O)c1C. The van der Waals surface area contributed by atoms with Gasteiger partial charge in [0.2, 0.25) is 10.0 Å². The van der Waals surface area contributed by atoms with Crippen molar-refractivity contribution in [3.63, 3.8) is 0 Å². The molecule has 19 heavy (non-hydrogen) atoms. The van der Waals surface area contributed by atoms with E-state index in [4.69, 9.17) is 5.11 Å². The Balaban J connectivity index is 3.07. The number of aryl methyl sites for hydroxylation is 1. The minimum atomic E-state index is -3.73. The summed E-state index contributed by atoms with van der Waals surface area (Å²) < 4.78 is 26.6. The molecule has 0 fully saturated rings. The van der Waals surface area contributed by atoms with E-state index in [9.17, 15) is 13.2 Å². The zero-order valence-electron chi connectivity index (χ0n) is 11.0. The Morgan fingerprint density at radius 1 is 1.42 bits per heavy atom. The van der Waals surface area contributed by atoms with Crippen LogP contribution in [0.3, 0.4) is 0 Å². The maximum atomic E-state index is 12.1. The first-order valence-electron chi connectivity index (χ1n) is 5.63. The van der Waals surface area contributed by atoms with E-state index in [1.165, 1.54) is 13.8 Å². The second-order valence-electron chi connectivity index (χ2n) is 3.96. The zero-order valence-corrected chi connectivity index (χ0v) is 11.8. The molecule has 0 aromatic carbocycles. The van der Waals surface area contributed by atoms with Gasteiger partial charge in [0.1, 0.15) is 10.6 Å². The van der Waals surface area contributed by atoms with Gasteiger partial charge in [0, 0.05) is 24.2 Å². The van der Waals surface area contributed by atoms with Gasteiger partial charge in [-0.25, -0.2) is 17.9 Å². The van der Waals surface area contributed by atoms with Crippen molar-refractivity contribution in [3.05, 3.63) is 17.0 Å². The summed E-state index contributed by atoms with van der Waals surface area (Å²) >= 11 is 0. The molecule has 0 aliphatic heterocycles. The van der Waals surface area contributed by atoms with Crippen molar-refractivity contribution in [2.75, 3.05) is 6.54 Å². The fourth-order valence-electron chi connectivity index (χ4n) is 1.79. The molecule has 3 N–H and O–H groups in total. The zero-order chi connectivity index (χ0) is 14.6. The van der Waals surface area contributed by atoms with Gasteiger partial charge in [-0.3, -0.25) is 0 Å². The molecule has 0 aliphatic carbocycles. The first kappa shape index (κ1) is 15.3. The summed E-state index contributed by atoms with van der Waals surface area (Å²) in [4.78, 5) is 13.5. The molecule has 0 unspecified atom stereocenters. The largest absolute Gasteiger partial charge is 0.477 e. The van der Waals surface area contributed by atoms with Crippen LogP contribution in [0.1, 0.15) is 35.1 Å². The van der Waals surface area contributed by atoms with Gasteiger partial charge in [-0.05, 0) is 20.8 Å². The quantitative estimate of drug-likeness (QED) is 0.555. The smallest absolute Gasteiger partial charge is 0.352 e. The third kappa shape index (κ3) is 3.36. The van der Waals surface area contributed by atoms with Crippen LogP contribution in [0.25, 0.3) is 0 Å². The summed E-state index contributed by atoms with van der Waals surface area (Å²) in [5.41, 5.74) is 0.411. The van der Waals surface area contributed by atoms with Crippen molar-refractivity contribution < 1.29 is 18.3 Å². The fraction of sp³-hybridized carbons (Fsp3) is 0.417. The molecule has 1 rings (SSSR count). The standard InChI is InChI=1S/C12H16N2O4S/c1-4-5-6-7-13-19(17,18)11-8(2)10(12(15)16)14-9(11)3/h13-14H,6-7H2,1-3H3,(H,15,16). The van der Waals surface area contributed by atoms with Crippen molar-refractivity contribution in [1.82, 2.24) is 9.71 Å². The Morgan fingerprint density at radius 2 is 2.05 bits per heavy atom. The van der Waals surface area contributed by atoms with Gasteiger partial charge in [0.15, 0.2) is 0 Å². The van der Waals surface area contributed by atoms with Crippen molar-refractivity contribution in [1.29, 1.82) is 0 Å². The number of carbonyl (C=O) groups is 1. The van der Waals surface area contributed by atoms with E-state index in [0.29, 0.717) is 12.1 Å². The first-order chi connectivity index (χ1) is 8.81. The molecule has 0 bridgehead atoms. The summed E-state index contributed by atoms with van der Waals surface area (Å²) in [5.74, 6) is 4.23. The molecule has 7 heteroatoms. The molecule has 0 atom stereocenters. The molecule has 1 aromatic rings. The Kier molecular flexibility index (Phi) is 4.75. The minimum absolute atomic E-state index is 0.00522. The van der Waals surface area contributed by atoms with Crippen molar-refractivity contribution >= 4 is 16.0 Å². The summed E-state index contributed by atoms with van der Waals surface area (Å²) in [7, 11) is -3.73. The van der Waals surface area contributed by atoms with Crippen LogP contribution in [0, 0.1) is 25.7 Å². The van der Waals surface area contributed by atoms with E-state index >= 15 is 0 Å². The highest BCUT2D eigenvalue weighted by atomic mass is 32.2. The van der Waals surface area contributed by atoms with Crippen LogP contribution in [0.5, 0.6) is 0 Å². The second kappa shape index (κ2) is 5.91. The van der Waals surface area contributed by atoms with Gasteiger partial charge >= 0.3 is 5.97 Å². The van der Waals surface area contributed by atoms with Crippen LogP contribution in [0.4, 0.5) is 0 Å². The number of nitrogens with one attached hydrogen (secondary N) is 2. The number of H-pyrrole nitrogens is 1. The van der Waals surface area contributed by atoms with E-state index in [1.807, 2.05) is 0 Å². The van der Waals surface area contributed by atoms with Gasteiger partial charge in [-0.1, -0.05) is 0 Å². The fourth-order valence-corrected chi connectivity index (χ4v) is 3.27. The highest BCUT2D eigenvalue weighted by molar-refractivity contribution is 7.89. The van der Waals surface area contributed by atoms with E-state index in [0.717, 1.165) is 0 Å². The maximum Gasteiger partial charge on any atom is 0.352 e. The van der Waals surface area contributed by atoms with Gasteiger partial charge in [-0.2, -0.15) is 0 Å². The Labute approximate surface area is 112 Å². The van der Waals surface area contributed by atoms with Gasteiger partial charge in [-0.15, -0.1) is 11.8 Å². The molecule has 0 radical (unpaired) electrons. The van der Waals surface area contributed by atoms with E-state index < -0.39 is 16.0 Å². The first-order valence-corrected chi connectivity index (χ1v) is 7.11. The van der Waals surface area contributed by atoms with Crippen LogP contribution >= 0.6 is 0 Å². The summed E-state index contributed by atoms with van der Waals surface area (Å²) in [6.45, 7) is 4.86. The van der Waals surface area contributed by atoms with Crippen LogP contribution < -0.4 is 4.72 Å². The van der Waals surface area contributed by atoms with Crippen molar-refractivity contribution in [3.8, 4) is 11.8 Å². The molecular formula is C12H16N2O4S. The van der Waals surface area contributed by atoms with Gasteiger partial charge < -0.3 is 10.1 Å². The summed E-state index contributed by atoms with van der Waals surface area (Å²) in [6, 6.07) is 0. The van der Waals surface area contributed by atoms with Crippen molar-refractivity contribution in [2.45, 2.75) is 32.1 Å². The molecule has 1 aromatic heterocycles. The molecule has 0 saturated heterocycles. The summed E-state index contributed by atoms with van der Waals surface area (Å²) in [5, 5.41) is 8.95. The topological polar surface area (TPSA) is 99.3 Å². The average Bonchev–Trinajstić information content (AvgIpc) is 2.61. The number of carboxylic acids is 1. The summed E-state index contributed by atoms with van der Waals surface area (Å²) in [6.07, 6.45) is 0.407. The monoisotopic (exact) mass is 284 g/mol. The lowest BCUT2D eigenvalue weighted by molar-refractivity contribution is 0.0690. The second-order valence-corrected chi connectivity index (χ2v) is 5.66. The molecule has 6 nitrogen and oxygen atoms in total. The van der Waals surface area contributed by atoms with Gasteiger partial charge in [0.05, 0.1) is 0 Å². The Morgan fingerprint density at radius 3 is 2.53 bits per heavy atom. The number of aromatic carboxylic acids is 1. The number of sulfonamides is 1. The highest BCUT2D eigenvalue weighted by Crippen LogP contribution is 2.22. The van der Waals surface area contributed by atoms with Crippen LogP contribution in [-0.2, 0) is 10.0 Å². The van der Waals surface area contributed by atoms with Crippen LogP contribution in [0.15, 0.2) is 4.90 Å². The molecule has 0 saturated carbocycles. The number of hydrogen-bond acceptors (Lipinski definition) is 3. The highest BCUT2D eigenvalue weighted by Gasteiger charge is 2.25. The minimum Gasteiger partial charge on any atom is -0.477 e. The third-order valence-corrected chi connectivity index (χ3v) is 4.30. The van der Waals surface area contributed by atoms with Gasteiger partial charge in [0.25, 0.3) is 0 Å². The molecule has 104 valence electrons. The predicted molar refractivity (Wildman–Crippen MR) is 70.5 cm³/mol. The van der Waals surface area contributed by atoms with E-state index in [2.05, 4.69) is 21.5 Å². The number of hydrogen-bond donors (Lipinski definition) is 3. The lowest BCUT2D eigenvalue weighted by atomic mass is 10.2. The lowest BCUT2D eigenvalue weighted by Gasteiger charge is -2.05. The maximum absolute atomic E-state index is 12.1. The third-order valence-electron chi connectivity index (χ3n) is 2.57. The Bertz CT molecular complexity index is 647. The van der Waals surface area contributed by atoms with Crippen LogP contribution in [-0.4, -0.2) is 31.0 Å². The number of carboxylic acid groups (broad SMARTS) is 1. The molecular weight excluding hydrogens is 268 g/mol. The number of rotatable bonds is 5.